The first-order chi connectivity index (χ1) is 11.9. The zero-order valence-corrected chi connectivity index (χ0v) is 14.3. The maximum Gasteiger partial charge on any atom is 0.287 e. The van der Waals surface area contributed by atoms with Crippen LogP contribution in [0.25, 0.3) is 0 Å². The maximum atomic E-state index is 12.5. The van der Waals surface area contributed by atoms with Crippen molar-refractivity contribution in [1.82, 2.24) is 10.6 Å². The summed E-state index contributed by atoms with van der Waals surface area (Å²) in [5.41, 5.74) is 1.03. The Bertz CT molecular complexity index is 736. The number of furan rings is 1. The third kappa shape index (κ3) is 4.69. The number of nitrogens with one attached hydrogen (secondary N) is 3. The molecule has 7 heteroatoms. The molecule has 2 aromatic rings. The van der Waals surface area contributed by atoms with Crippen molar-refractivity contribution < 1.29 is 18.8 Å². The van der Waals surface area contributed by atoms with Crippen LogP contribution in [0.5, 0.6) is 0 Å². The molecule has 0 bridgehead atoms. The molecule has 0 radical (unpaired) electrons. The van der Waals surface area contributed by atoms with Crippen LogP contribution in [-0.2, 0) is 4.79 Å². The smallest absolute Gasteiger partial charge is 0.287 e. The Morgan fingerprint density at radius 3 is 2.20 bits per heavy atom. The number of rotatable bonds is 6. The van der Waals surface area contributed by atoms with Gasteiger partial charge >= 0.3 is 0 Å². The van der Waals surface area contributed by atoms with Gasteiger partial charge < -0.3 is 20.4 Å². The van der Waals surface area contributed by atoms with E-state index in [4.69, 9.17) is 4.42 Å². The quantitative estimate of drug-likeness (QED) is 0.747. The van der Waals surface area contributed by atoms with Gasteiger partial charge in [-0.1, -0.05) is 13.8 Å². The Morgan fingerprint density at radius 2 is 1.68 bits per heavy atom. The Morgan fingerprint density at radius 1 is 1.00 bits per heavy atom. The number of carbonyl (C=O) groups is 3. The van der Waals surface area contributed by atoms with Gasteiger partial charge in [0.1, 0.15) is 6.04 Å². The Labute approximate surface area is 145 Å². The van der Waals surface area contributed by atoms with Crippen molar-refractivity contribution in [3.8, 4) is 0 Å². The molecule has 1 atom stereocenters. The lowest BCUT2D eigenvalue weighted by Gasteiger charge is -2.21. The van der Waals surface area contributed by atoms with E-state index < -0.39 is 11.9 Å². The highest BCUT2D eigenvalue weighted by Gasteiger charge is 2.25. The number of carbonyl (C=O) groups excluding carboxylic acids is 3. The number of hydrogen-bond acceptors (Lipinski definition) is 4. The van der Waals surface area contributed by atoms with Crippen LogP contribution in [0, 0.1) is 5.92 Å². The fourth-order valence-corrected chi connectivity index (χ4v) is 2.22. The van der Waals surface area contributed by atoms with Gasteiger partial charge in [0.2, 0.25) is 5.91 Å². The van der Waals surface area contributed by atoms with E-state index >= 15 is 0 Å². The summed E-state index contributed by atoms with van der Waals surface area (Å²) < 4.78 is 5.04. The lowest BCUT2D eigenvalue weighted by Crippen LogP contribution is -2.47. The summed E-state index contributed by atoms with van der Waals surface area (Å²) in [7, 11) is 1.55. The van der Waals surface area contributed by atoms with Crippen LogP contribution in [0.4, 0.5) is 5.69 Å². The van der Waals surface area contributed by atoms with E-state index in [1.54, 1.807) is 37.4 Å². The summed E-state index contributed by atoms with van der Waals surface area (Å²) >= 11 is 0. The average Bonchev–Trinajstić information content (AvgIpc) is 3.13. The fraction of sp³-hybridized carbons (Fsp3) is 0.278. The normalized spacial score (nSPS) is 11.7. The molecule has 0 saturated carbocycles. The minimum atomic E-state index is -0.726. The molecule has 3 N–H and O–H groups in total. The molecule has 1 heterocycles. The lowest BCUT2D eigenvalue weighted by atomic mass is 10.0. The molecular weight excluding hydrogens is 322 g/mol. The van der Waals surface area contributed by atoms with Gasteiger partial charge in [-0.25, -0.2) is 0 Å². The summed E-state index contributed by atoms with van der Waals surface area (Å²) in [4.78, 5) is 36.1. The third-order valence-electron chi connectivity index (χ3n) is 3.62. The first-order valence-corrected chi connectivity index (χ1v) is 7.89. The molecule has 0 aliphatic heterocycles. The van der Waals surface area contributed by atoms with E-state index in [9.17, 15) is 14.4 Å². The molecule has 0 saturated heterocycles. The molecule has 7 nitrogen and oxygen atoms in total. The van der Waals surface area contributed by atoms with E-state index in [-0.39, 0.29) is 23.5 Å². The lowest BCUT2D eigenvalue weighted by molar-refractivity contribution is -0.118. The standard InChI is InChI=1S/C18H21N3O4/c1-11(2)15(21-17(23)14-5-4-10-25-14)18(24)20-13-8-6-12(7-9-13)16(22)19-3/h4-11,15H,1-3H3,(H,19,22)(H,20,24)(H,21,23). The summed E-state index contributed by atoms with van der Waals surface area (Å²) in [5.74, 6) is -0.975. The number of benzene rings is 1. The molecule has 0 aliphatic rings. The van der Waals surface area contributed by atoms with E-state index in [2.05, 4.69) is 16.0 Å². The minimum absolute atomic E-state index is 0.121. The molecular formula is C18H21N3O4. The molecule has 25 heavy (non-hydrogen) atoms. The Kier molecular flexibility index (Phi) is 5.94. The van der Waals surface area contributed by atoms with Crippen LogP contribution in [0.15, 0.2) is 47.1 Å². The summed E-state index contributed by atoms with van der Waals surface area (Å²) in [6.45, 7) is 3.67. The van der Waals surface area contributed by atoms with Gasteiger partial charge in [0.15, 0.2) is 5.76 Å². The zero-order valence-electron chi connectivity index (χ0n) is 14.3. The van der Waals surface area contributed by atoms with Crippen LogP contribution < -0.4 is 16.0 Å². The van der Waals surface area contributed by atoms with Crippen LogP contribution in [0.1, 0.15) is 34.8 Å². The average molecular weight is 343 g/mol. The van der Waals surface area contributed by atoms with Crippen molar-refractivity contribution in [2.24, 2.45) is 5.92 Å². The van der Waals surface area contributed by atoms with Crippen LogP contribution in [-0.4, -0.2) is 30.8 Å². The van der Waals surface area contributed by atoms with Gasteiger partial charge in [0.25, 0.3) is 11.8 Å². The highest BCUT2D eigenvalue weighted by atomic mass is 16.3. The highest BCUT2D eigenvalue weighted by molar-refractivity contribution is 6.00. The predicted octanol–water partition coefficient (Wildman–Crippen LogP) is 2.03. The molecule has 1 unspecified atom stereocenters. The van der Waals surface area contributed by atoms with E-state index in [0.29, 0.717) is 11.3 Å². The van der Waals surface area contributed by atoms with Crippen LogP contribution in [0.2, 0.25) is 0 Å². The molecule has 132 valence electrons. The molecule has 0 spiro atoms. The molecule has 1 aromatic heterocycles. The Balaban J connectivity index is 2.05. The summed E-state index contributed by atoms with van der Waals surface area (Å²) in [5, 5.41) is 7.94. The molecule has 3 amide bonds. The van der Waals surface area contributed by atoms with Gasteiger partial charge in [-0.05, 0) is 42.3 Å². The van der Waals surface area contributed by atoms with Crippen LogP contribution >= 0.6 is 0 Å². The van der Waals surface area contributed by atoms with Crippen molar-refractivity contribution >= 4 is 23.4 Å². The maximum absolute atomic E-state index is 12.5. The summed E-state index contributed by atoms with van der Waals surface area (Å²) in [6.07, 6.45) is 1.40. The second-order valence-corrected chi connectivity index (χ2v) is 5.82. The second-order valence-electron chi connectivity index (χ2n) is 5.82. The molecule has 0 fully saturated rings. The van der Waals surface area contributed by atoms with Gasteiger partial charge in [0, 0.05) is 18.3 Å². The van der Waals surface area contributed by atoms with Crippen molar-refractivity contribution in [3.63, 3.8) is 0 Å². The van der Waals surface area contributed by atoms with Gasteiger partial charge in [0.05, 0.1) is 6.26 Å². The topological polar surface area (TPSA) is 100 Å². The fourth-order valence-electron chi connectivity index (χ4n) is 2.22. The van der Waals surface area contributed by atoms with Crippen molar-refractivity contribution in [3.05, 3.63) is 54.0 Å². The minimum Gasteiger partial charge on any atom is -0.459 e. The van der Waals surface area contributed by atoms with Crippen molar-refractivity contribution in [1.29, 1.82) is 0 Å². The van der Waals surface area contributed by atoms with E-state index in [1.807, 2.05) is 13.8 Å². The first kappa shape index (κ1) is 18.3. The first-order valence-electron chi connectivity index (χ1n) is 7.89. The number of hydrogen-bond donors (Lipinski definition) is 3. The summed E-state index contributed by atoms with van der Waals surface area (Å²) in [6, 6.07) is 8.90. The van der Waals surface area contributed by atoms with Gasteiger partial charge in [-0.15, -0.1) is 0 Å². The van der Waals surface area contributed by atoms with Crippen molar-refractivity contribution in [2.75, 3.05) is 12.4 Å². The molecule has 1 aromatic carbocycles. The molecule has 2 rings (SSSR count). The largest absolute Gasteiger partial charge is 0.459 e. The number of anilines is 1. The van der Waals surface area contributed by atoms with E-state index in [1.165, 1.54) is 12.3 Å². The van der Waals surface area contributed by atoms with Crippen LogP contribution in [0.3, 0.4) is 0 Å². The van der Waals surface area contributed by atoms with E-state index in [0.717, 1.165) is 0 Å². The van der Waals surface area contributed by atoms with Gasteiger partial charge in [-0.2, -0.15) is 0 Å². The Hall–Kier alpha value is -3.09. The highest BCUT2D eigenvalue weighted by Crippen LogP contribution is 2.12. The van der Waals surface area contributed by atoms with Crippen molar-refractivity contribution in [2.45, 2.75) is 19.9 Å². The SMILES string of the molecule is CNC(=O)c1ccc(NC(=O)C(NC(=O)c2ccco2)C(C)C)cc1. The second kappa shape index (κ2) is 8.14. The zero-order chi connectivity index (χ0) is 18.4. The molecule has 0 aliphatic carbocycles. The number of amides is 3. The third-order valence-corrected chi connectivity index (χ3v) is 3.62. The van der Waals surface area contributed by atoms with Gasteiger partial charge in [-0.3, -0.25) is 14.4 Å². The predicted molar refractivity (Wildman–Crippen MR) is 93.3 cm³/mol. The monoisotopic (exact) mass is 343 g/mol.